The molecule has 1 aromatic rings. The number of thioether (sulfide) groups is 1. The Morgan fingerprint density at radius 3 is 2.53 bits per heavy atom. The molecule has 0 aliphatic carbocycles. The van der Waals surface area contributed by atoms with Crippen molar-refractivity contribution in [2.75, 3.05) is 6.54 Å². The quantitative estimate of drug-likeness (QED) is 0.565. The van der Waals surface area contributed by atoms with Gasteiger partial charge in [0.2, 0.25) is 6.54 Å². The van der Waals surface area contributed by atoms with E-state index < -0.39 is 4.92 Å². The van der Waals surface area contributed by atoms with Gasteiger partial charge < -0.3 is 0 Å². The summed E-state index contributed by atoms with van der Waals surface area (Å²) in [4.78, 5) is 20.6. The number of rotatable bonds is 7. The van der Waals surface area contributed by atoms with Crippen LogP contribution in [-0.2, 0) is 0 Å². The molecule has 0 spiro atoms. The topological polar surface area (TPSA) is 86.3 Å². The summed E-state index contributed by atoms with van der Waals surface area (Å²) in [6.45, 7) is 3.78. The molecule has 0 saturated heterocycles. The van der Waals surface area contributed by atoms with Crippen molar-refractivity contribution in [3.8, 4) is 0 Å². The zero-order chi connectivity index (χ0) is 14.4. The van der Waals surface area contributed by atoms with Crippen molar-refractivity contribution in [2.24, 2.45) is 0 Å². The Balaban J connectivity index is 2.98. The van der Waals surface area contributed by atoms with Crippen molar-refractivity contribution < 1.29 is 9.85 Å². The van der Waals surface area contributed by atoms with E-state index in [1.165, 1.54) is 23.9 Å². The van der Waals surface area contributed by atoms with Crippen molar-refractivity contribution in [1.82, 2.24) is 0 Å². The van der Waals surface area contributed by atoms with Crippen LogP contribution in [0.25, 0.3) is 0 Å². The summed E-state index contributed by atoms with van der Waals surface area (Å²) < 4.78 is 0. The maximum absolute atomic E-state index is 10.7. The Hall–Kier alpha value is -1.63. The van der Waals surface area contributed by atoms with E-state index in [2.05, 4.69) is 0 Å². The van der Waals surface area contributed by atoms with Gasteiger partial charge in [-0.1, -0.05) is 26.0 Å². The molecule has 0 aromatic heterocycles. The molecule has 0 saturated carbocycles. The largest absolute Gasteiger partial charge is 0.269 e. The summed E-state index contributed by atoms with van der Waals surface area (Å²) >= 11 is 1.48. The van der Waals surface area contributed by atoms with Gasteiger partial charge in [0.15, 0.2) is 0 Å². The summed E-state index contributed by atoms with van der Waals surface area (Å²) in [5.41, 5.74) is 0.604. The number of hydrogen-bond acceptors (Lipinski definition) is 5. The van der Waals surface area contributed by atoms with Crippen molar-refractivity contribution in [1.29, 1.82) is 0 Å². The predicted molar refractivity (Wildman–Crippen MR) is 75.0 cm³/mol. The van der Waals surface area contributed by atoms with Gasteiger partial charge in [0.25, 0.3) is 5.69 Å². The lowest BCUT2D eigenvalue weighted by molar-refractivity contribution is -0.479. The summed E-state index contributed by atoms with van der Waals surface area (Å²) in [6, 6.07) is 6.08. The standard InChI is InChI=1S/C12H16N2O4S/c1-3-9(2)19-12(8-13(15)16)10-5-4-6-11(7-10)14(17)18/h4-7,9,12H,3,8H2,1-2H3. The van der Waals surface area contributed by atoms with E-state index in [-0.39, 0.29) is 27.7 Å². The van der Waals surface area contributed by atoms with E-state index >= 15 is 0 Å². The van der Waals surface area contributed by atoms with Crippen molar-refractivity contribution in [3.05, 3.63) is 50.1 Å². The summed E-state index contributed by atoms with van der Waals surface area (Å²) in [5, 5.41) is 21.4. The molecule has 0 fully saturated rings. The molecule has 1 rings (SSSR count). The number of nitro benzene ring substituents is 1. The van der Waals surface area contributed by atoms with Gasteiger partial charge in [0, 0.05) is 22.3 Å². The zero-order valence-corrected chi connectivity index (χ0v) is 11.6. The second-order valence-corrected chi connectivity index (χ2v) is 5.86. The Morgan fingerprint density at radius 1 is 1.32 bits per heavy atom. The van der Waals surface area contributed by atoms with Crippen molar-refractivity contribution >= 4 is 17.4 Å². The molecule has 19 heavy (non-hydrogen) atoms. The molecule has 0 bridgehead atoms. The second kappa shape index (κ2) is 7.08. The highest BCUT2D eigenvalue weighted by Gasteiger charge is 2.22. The predicted octanol–water partition coefficient (Wildman–Crippen LogP) is 3.44. The fourth-order valence-electron chi connectivity index (χ4n) is 1.58. The first-order valence-corrected chi connectivity index (χ1v) is 6.90. The van der Waals surface area contributed by atoms with Crippen molar-refractivity contribution in [2.45, 2.75) is 30.8 Å². The Bertz CT molecular complexity index is 467. The minimum absolute atomic E-state index is 0.0319. The van der Waals surface area contributed by atoms with Gasteiger partial charge in [-0.3, -0.25) is 20.2 Å². The Labute approximate surface area is 115 Å². The first-order chi connectivity index (χ1) is 8.93. The normalized spacial score (nSPS) is 13.8. The first kappa shape index (κ1) is 15.4. The third-order valence-electron chi connectivity index (χ3n) is 2.74. The summed E-state index contributed by atoms with van der Waals surface area (Å²) in [6.07, 6.45) is 0.897. The van der Waals surface area contributed by atoms with Gasteiger partial charge in [-0.25, -0.2) is 0 Å². The molecular formula is C12H16N2O4S. The van der Waals surface area contributed by atoms with Gasteiger partial charge >= 0.3 is 0 Å². The van der Waals surface area contributed by atoms with Crippen molar-refractivity contribution in [3.63, 3.8) is 0 Å². The van der Waals surface area contributed by atoms with Crippen LogP contribution < -0.4 is 0 Å². The van der Waals surface area contributed by atoms with Crippen LogP contribution >= 0.6 is 11.8 Å². The highest BCUT2D eigenvalue weighted by molar-refractivity contribution is 8.00. The Kier molecular flexibility index (Phi) is 5.75. The highest BCUT2D eigenvalue weighted by atomic mass is 32.2. The van der Waals surface area contributed by atoms with E-state index in [0.29, 0.717) is 5.56 Å². The average molecular weight is 284 g/mol. The molecule has 0 amide bonds. The van der Waals surface area contributed by atoms with Gasteiger partial charge in [0.1, 0.15) is 0 Å². The molecule has 0 aliphatic rings. The number of benzene rings is 1. The fourth-order valence-corrected chi connectivity index (χ4v) is 2.84. The van der Waals surface area contributed by atoms with Crippen LogP contribution in [0.5, 0.6) is 0 Å². The minimum atomic E-state index is -0.485. The lowest BCUT2D eigenvalue weighted by atomic mass is 10.1. The van der Waals surface area contributed by atoms with Crippen LogP contribution in [0.15, 0.2) is 24.3 Å². The molecule has 0 heterocycles. The first-order valence-electron chi connectivity index (χ1n) is 5.95. The lowest BCUT2D eigenvalue weighted by Crippen LogP contribution is -2.12. The molecular weight excluding hydrogens is 268 g/mol. The SMILES string of the molecule is CCC(C)SC(C[N+](=O)[O-])c1cccc([N+](=O)[O-])c1. The molecule has 1 aromatic carbocycles. The van der Waals surface area contributed by atoms with Gasteiger partial charge in [-0.05, 0) is 12.0 Å². The van der Waals surface area contributed by atoms with Crippen LogP contribution in [0.2, 0.25) is 0 Å². The monoisotopic (exact) mass is 284 g/mol. The maximum Gasteiger partial charge on any atom is 0.269 e. The molecule has 0 aliphatic heterocycles. The third kappa shape index (κ3) is 4.86. The Morgan fingerprint density at radius 2 is 2.00 bits per heavy atom. The molecule has 6 nitrogen and oxygen atoms in total. The number of nitrogens with zero attached hydrogens (tertiary/aromatic N) is 2. The van der Waals surface area contributed by atoms with Gasteiger partial charge in [-0.15, -0.1) is 11.8 Å². The molecule has 7 heteroatoms. The van der Waals surface area contributed by atoms with E-state index in [1.807, 2.05) is 13.8 Å². The highest BCUT2D eigenvalue weighted by Crippen LogP contribution is 2.34. The smallest absolute Gasteiger partial charge is 0.264 e. The lowest BCUT2D eigenvalue weighted by Gasteiger charge is -2.16. The van der Waals surface area contributed by atoms with Crippen LogP contribution in [0, 0.1) is 20.2 Å². The fraction of sp³-hybridized carbons (Fsp3) is 0.500. The van der Waals surface area contributed by atoms with E-state index in [9.17, 15) is 20.2 Å². The van der Waals surface area contributed by atoms with Gasteiger partial charge in [-0.2, -0.15) is 0 Å². The molecule has 0 radical (unpaired) electrons. The molecule has 104 valence electrons. The molecule has 0 N–H and O–H groups in total. The third-order valence-corrected chi connectivity index (χ3v) is 4.29. The average Bonchev–Trinajstić information content (AvgIpc) is 2.37. The zero-order valence-electron chi connectivity index (χ0n) is 10.8. The van der Waals surface area contributed by atoms with Crippen LogP contribution in [0.4, 0.5) is 5.69 Å². The second-order valence-electron chi connectivity index (χ2n) is 4.21. The van der Waals surface area contributed by atoms with E-state index in [0.717, 1.165) is 6.42 Å². The number of non-ortho nitro benzene ring substituents is 1. The van der Waals surface area contributed by atoms with Crippen LogP contribution in [0.3, 0.4) is 0 Å². The molecule has 2 unspecified atom stereocenters. The summed E-state index contributed by atoms with van der Waals surface area (Å²) in [7, 11) is 0. The minimum Gasteiger partial charge on any atom is -0.264 e. The molecule has 2 atom stereocenters. The number of nitro groups is 2. The maximum atomic E-state index is 10.7. The summed E-state index contributed by atoms with van der Waals surface area (Å²) in [5.74, 6) is 0. The van der Waals surface area contributed by atoms with E-state index in [1.54, 1.807) is 12.1 Å². The van der Waals surface area contributed by atoms with Crippen LogP contribution in [-0.4, -0.2) is 21.6 Å². The number of hydrogen-bond donors (Lipinski definition) is 0. The van der Waals surface area contributed by atoms with E-state index in [4.69, 9.17) is 0 Å². The van der Waals surface area contributed by atoms with Gasteiger partial charge in [0.05, 0.1) is 10.2 Å². The van der Waals surface area contributed by atoms with Crippen LogP contribution in [0.1, 0.15) is 31.1 Å².